The quantitative estimate of drug-likeness (QED) is 0.142. The van der Waals surface area contributed by atoms with Crippen molar-refractivity contribution in [1.29, 1.82) is 0 Å². The van der Waals surface area contributed by atoms with E-state index >= 15 is 0 Å². The van der Waals surface area contributed by atoms with Gasteiger partial charge in [-0.15, -0.1) is 0 Å². The highest BCUT2D eigenvalue weighted by Gasteiger charge is 2.30. The zero-order valence-electron chi connectivity index (χ0n) is 20.4. The summed E-state index contributed by atoms with van der Waals surface area (Å²) in [5, 5.41) is 51.1. The fraction of sp³-hybridized carbons (Fsp3) is 0.148. The lowest BCUT2D eigenvalue weighted by Gasteiger charge is -2.21. The van der Waals surface area contributed by atoms with Crippen molar-refractivity contribution >= 4 is 22.8 Å². The van der Waals surface area contributed by atoms with Crippen LogP contribution in [0.3, 0.4) is 0 Å². The van der Waals surface area contributed by atoms with Crippen LogP contribution in [0.1, 0.15) is 23.5 Å². The number of rotatable bonds is 8. The van der Waals surface area contributed by atoms with E-state index in [1.807, 2.05) is 0 Å². The van der Waals surface area contributed by atoms with E-state index in [1.165, 1.54) is 25.3 Å². The van der Waals surface area contributed by atoms with E-state index in [0.717, 1.165) is 18.2 Å². The summed E-state index contributed by atoms with van der Waals surface area (Å²) in [5.74, 6) is -5.65. The van der Waals surface area contributed by atoms with Crippen LogP contribution < -0.4 is 15.9 Å². The van der Waals surface area contributed by atoms with E-state index in [4.69, 9.17) is 19.6 Å². The van der Waals surface area contributed by atoms with Crippen LogP contribution in [-0.4, -0.2) is 51.1 Å². The molecule has 39 heavy (non-hydrogen) atoms. The highest BCUT2D eigenvalue weighted by molar-refractivity contribution is 5.92. The van der Waals surface area contributed by atoms with Gasteiger partial charge in [0.1, 0.15) is 28.2 Å². The minimum absolute atomic E-state index is 0.00365. The Bertz CT molecular complexity index is 1640. The number of phenolic OH excluding ortho intramolecular Hbond substituents is 4. The number of aromatic hydroxyl groups is 5. The lowest BCUT2D eigenvalue weighted by molar-refractivity contribution is -0.140. The molecule has 12 heteroatoms. The van der Waals surface area contributed by atoms with E-state index in [-0.39, 0.29) is 29.7 Å². The number of nitrogens with two attached hydrogens (primary N) is 1. The average molecular weight is 537 g/mol. The molecule has 0 aliphatic carbocycles. The van der Waals surface area contributed by atoms with E-state index in [2.05, 4.69) is 0 Å². The number of esters is 1. The summed E-state index contributed by atoms with van der Waals surface area (Å²) in [7, 11) is 1.17. The molecule has 7 N–H and O–H groups in total. The highest BCUT2D eigenvalue weighted by atomic mass is 16.5. The molecule has 0 fully saturated rings. The van der Waals surface area contributed by atoms with Crippen LogP contribution >= 0.6 is 0 Å². The highest BCUT2D eigenvalue weighted by Crippen LogP contribution is 2.45. The molecule has 0 bridgehead atoms. The summed E-state index contributed by atoms with van der Waals surface area (Å²) in [6.45, 7) is -0.363. The first-order chi connectivity index (χ1) is 18.5. The van der Waals surface area contributed by atoms with Crippen molar-refractivity contribution in [1.82, 2.24) is 0 Å². The fourth-order valence-electron chi connectivity index (χ4n) is 4.13. The van der Waals surface area contributed by atoms with Gasteiger partial charge in [-0.3, -0.25) is 14.4 Å². The lowest BCUT2D eigenvalue weighted by Crippen LogP contribution is -2.20. The Morgan fingerprint density at radius 3 is 2.23 bits per heavy atom. The molecule has 0 unspecified atom stereocenters. The zero-order valence-corrected chi connectivity index (χ0v) is 20.4. The maximum absolute atomic E-state index is 13.2. The van der Waals surface area contributed by atoms with Gasteiger partial charge in [0.15, 0.2) is 23.9 Å². The summed E-state index contributed by atoms with van der Waals surface area (Å²) >= 11 is 0. The number of benzene rings is 3. The van der Waals surface area contributed by atoms with Gasteiger partial charge in [-0.25, -0.2) is 0 Å². The molecule has 0 spiro atoms. The summed E-state index contributed by atoms with van der Waals surface area (Å²) in [6, 6.07) is 10.4. The van der Waals surface area contributed by atoms with Crippen LogP contribution in [0.15, 0.2) is 57.7 Å². The molecule has 0 aliphatic rings. The van der Waals surface area contributed by atoms with Gasteiger partial charge in [0, 0.05) is 23.1 Å². The topological polar surface area (TPSA) is 210 Å². The molecule has 1 amide bonds. The Morgan fingerprint density at radius 2 is 1.62 bits per heavy atom. The van der Waals surface area contributed by atoms with Crippen molar-refractivity contribution in [2.45, 2.75) is 12.3 Å². The van der Waals surface area contributed by atoms with Gasteiger partial charge in [-0.05, 0) is 35.9 Å². The van der Waals surface area contributed by atoms with Crippen LogP contribution in [0.5, 0.6) is 34.5 Å². The van der Waals surface area contributed by atoms with E-state index in [1.54, 1.807) is 12.1 Å². The van der Waals surface area contributed by atoms with Crippen molar-refractivity contribution in [3.8, 4) is 45.8 Å². The standard InChI is InChI=1S/C27H23NO11/c1-37-21(34)9-15(12-2-5-14(6-3-12)38-11-20(28)33)22-18(31)10-19(32)23-24(35)25(36)26(39-27(22)23)13-4-7-16(29)17(30)8-13/h2-8,10,15,29-32,36H,9,11H2,1H3,(H2,28,33)/t15-/m0/s1. The molecule has 3 aromatic carbocycles. The van der Waals surface area contributed by atoms with Crippen LogP contribution in [-0.2, 0) is 14.3 Å². The molecule has 12 nitrogen and oxygen atoms in total. The van der Waals surface area contributed by atoms with Crippen molar-refractivity contribution in [3.05, 3.63) is 69.9 Å². The normalized spacial score (nSPS) is 11.7. The molecule has 202 valence electrons. The second kappa shape index (κ2) is 10.5. The monoisotopic (exact) mass is 537 g/mol. The van der Waals surface area contributed by atoms with Crippen LogP contribution in [0, 0.1) is 0 Å². The van der Waals surface area contributed by atoms with Crippen LogP contribution in [0.4, 0.5) is 0 Å². The molecule has 1 atom stereocenters. The molecule has 4 rings (SSSR count). The summed E-state index contributed by atoms with van der Waals surface area (Å²) in [4.78, 5) is 36.6. The summed E-state index contributed by atoms with van der Waals surface area (Å²) in [5.41, 5.74) is 4.04. The van der Waals surface area contributed by atoms with Crippen molar-refractivity contribution in [2.75, 3.05) is 13.7 Å². The Hall–Kier alpha value is -5.39. The number of primary amides is 1. The molecule has 0 aliphatic heterocycles. The van der Waals surface area contributed by atoms with E-state index < -0.39 is 63.1 Å². The molecule has 1 heterocycles. The number of hydrogen-bond acceptors (Lipinski definition) is 11. The summed E-state index contributed by atoms with van der Waals surface area (Å²) < 4.78 is 15.9. The zero-order chi connectivity index (χ0) is 28.4. The number of amides is 1. The number of ether oxygens (including phenoxy) is 2. The van der Waals surface area contributed by atoms with Gasteiger partial charge in [-0.2, -0.15) is 0 Å². The molecule has 0 saturated heterocycles. The molecule has 4 aromatic rings. The van der Waals surface area contributed by atoms with Gasteiger partial charge in [0.05, 0.1) is 13.5 Å². The Balaban J connectivity index is 1.97. The number of carbonyl (C=O) groups excluding carboxylic acids is 2. The number of phenols is 4. The maximum atomic E-state index is 13.2. The molecule has 0 saturated carbocycles. The minimum Gasteiger partial charge on any atom is -0.507 e. The molecular formula is C27H23NO11. The van der Waals surface area contributed by atoms with Crippen molar-refractivity contribution in [3.63, 3.8) is 0 Å². The first-order valence-corrected chi connectivity index (χ1v) is 11.4. The van der Waals surface area contributed by atoms with Crippen molar-refractivity contribution in [2.24, 2.45) is 5.73 Å². The first-order valence-electron chi connectivity index (χ1n) is 11.4. The number of methoxy groups -OCH3 is 1. The summed E-state index contributed by atoms with van der Waals surface area (Å²) in [6.07, 6.45) is -0.342. The average Bonchev–Trinajstić information content (AvgIpc) is 2.90. The number of fused-ring (bicyclic) bond motifs is 1. The van der Waals surface area contributed by atoms with E-state index in [0.29, 0.717) is 11.3 Å². The molecular weight excluding hydrogens is 514 g/mol. The van der Waals surface area contributed by atoms with Crippen molar-refractivity contribution < 1.29 is 49.0 Å². The van der Waals surface area contributed by atoms with Gasteiger partial charge in [0.2, 0.25) is 11.2 Å². The largest absolute Gasteiger partial charge is 0.507 e. The number of carbonyl (C=O) groups is 2. The minimum atomic E-state index is -1.05. The third kappa shape index (κ3) is 5.21. The second-order valence-corrected chi connectivity index (χ2v) is 8.50. The Labute approximate surface area is 219 Å². The van der Waals surface area contributed by atoms with Crippen LogP contribution in [0.25, 0.3) is 22.3 Å². The number of hydrogen-bond donors (Lipinski definition) is 6. The third-order valence-corrected chi connectivity index (χ3v) is 5.99. The smallest absolute Gasteiger partial charge is 0.306 e. The lowest BCUT2D eigenvalue weighted by atomic mass is 9.86. The Kier molecular flexibility index (Phi) is 7.20. The fourth-order valence-corrected chi connectivity index (χ4v) is 4.13. The SMILES string of the molecule is COC(=O)C[C@@H](c1ccc(OCC(N)=O)cc1)c1c(O)cc(O)c2c(=O)c(O)c(-c3ccc(O)c(O)c3)oc12. The predicted molar refractivity (Wildman–Crippen MR) is 136 cm³/mol. The van der Waals surface area contributed by atoms with Gasteiger partial charge >= 0.3 is 5.97 Å². The third-order valence-electron chi connectivity index (χ3n) is 5.99. The second-order valence-electron chi connectivity index (χ2n) is 8.50. The first kappa shape index (κ1) is 26.7. The van der Waals surface area contributed by atoms with Gasteiger partial charge in [-0.1, -0.05) is 12.1 Å². The van der Waals surface area contributed by atoms with Gasteiger partial charge < -0.3 is 45.2 Å². The van der Waals surface area contributed by atoms with Crippen LogP contribution in [0.2, 0.25) is 0 Å². The predicted octanol–water partition coefficient (Wildman–Crippen LogP) is 2.55. The van der Waals surface area contributed by atoms with E-state index in [9.17, 15) is 39.9 Å². The Morgan fingerprint density at radius 1 is 0.923 bits per heavy atom. The molecule has 1 aromatic heterocycles. The maximum Gasteiger partial charge on any atom is 0.306 e. The molecule has 0 radical (unpaired) electrons. The van der Waals surface area contributed by atoms with Gasteiger partial charge in [0.25, 0.3) is 5.91 Å².